The van der Waals surface area contributed by atoms with Crippen molar-refractivity contribution < 1.29 is 0 Å². The SMILES string of the molecule is CC(C)C/C(=N\C(C)(C)C)c1ccc2c(ccn2C)c1. The van der Waals surface area contributed by atoms with Crippen LogP contribution in [0.3, 0.4) is 0 Å². The van der Waals surface area contributed by atoms with Gasteiger partial charge in [-0.1, -0.05) is 19.9 Å². The van der Waals surface area contributed by atoms with Crippen LogP contribution >= 0.6 is 0 Å². The first-order valence-electron chi connectivity index (χ1n) is 7.40. The largest absolute Gasteiger partial charge is 0.351 e. The van der Waals surface area contributed by atoms with Crippen molar-refractivity contribution in [1.29, 1.82) is 0 Å². The highest BCUT2D eigenvalue weighted by Gasteiger charge is 2.13. The zero-order valence-corrected chi connectivity index (χ0v) is 13.6. The highest BCUT2D eigenvalue weighted by molar-refractivity contribution is 6.03. The summed E-state index contributed by atoms with van der Waals surface area (Å²) in [5, 5.41) is 1.29. The zero-order valence-electron chi connectivity index (χ0n) is 13.6. The van der Waals surface area contributed by atoms with Crippen LogP contribution in [-0.4, -0.2) is 15.8 Å². The van der Waals surface area contributed by atoms with Crippen LogP contribution in [0.4, 0.5) is 0 Å². The summed E-state index contributed by atoms with van der Waals surface area (Å²) in [5.41, 5.74) is 3.72. The van der Waals surface area contributed by atoms with Crippen LogP contribution in [-0.2, 0) is 7.05 Å². The quantitative estimate of drug-likeness (QED) is 0.712. The van der Waals surface area contributed by atoms with Gasteiger partial charge in [0.1, 0.15) is 0 Å². The summed E-state index contributed by atoms with van der Waals surface area (Å²) in [5.74, 6) is 0.613. The van der Waals surface area contributed by atoms with Crippen LogP contribution < -0.4 is 0 Å². The van der Waals surface area contributed by atoms with E-state index in [0.29, 0.717) is 5.92 Å². The molecule has 0 fully saturated rings. The standard InChI is InChI=1S/C18H26N2/c1-13(2)11-16(19-18(3,4)5)14-7-8-17-15(12-14)9-10-20(17)6/h7-10,12-13H,11H2,1-6H3/b19-16+. The Morgan fingerprint density at radius 1 is 1.20 bits per heavy atom. The maximum atomic E-state index is 4.94. The van der Waals surface area contributed by atoms with Crippen LogP contribution in [0.1, 0.15) is 46.6 Å². The lowest BCUT2D eigenvalue weighted by Gasteiger charge is -2.18. The molecule has 20 heavy (non-hydrogen) atoms. The van der Waals surface area contributed by atoms with Gasteiger partial charge >= 0.3 is 0 Å². The fourth-order valence-corrected chi connectivity index (χ4v) is 2.48. The van der Waals surface area contributed by atoms with Crippen molar-refractivity contribution in [1.82, 2.24) is 4.57 Å². The topological polar surface area (TPSA) is 17.3 Å². The van der Waals surface area contributed by atoms with Crippen LogP contribution in [0.25, 0.3) is 10.9 Å². The Morgan fingerprint density at radius 3 is 2.50 bits per heavy atom. The second-order valence-corrected chi connectivity index (χ2v) is 7.03. The minimum atomic E-state index is -0.0319. The number of benzene rings is 1. The third kappa shape index (κ3) is 3.50. The van der Waals surface area contributed by atoms with Gasteiger partial charge in [-0.2, -0.15) is 0 Å². The summed E-state index contributed by atoms with van der Waals surface area (Å²) >= 11 is 0. The number of rotatable bonds is 3. The summed E-state index contributed by atoms with van der Waals surface area (Å²) in [4.78, 5) is 4.94. The number of hydrogen-bond acceptors (Lipinski definition) is 1. The second kappa shape index (κ2) is 5.43. The summed E-state index contributed by atoms with van der Waals surface area (Å²) in [6, 6.07) is 8.84. The third-order valence-electron chi connectivity index (χ3n) is 3.29. The Balaban J connectivity index is 2.48. The molecule has 0 radical (unpaired) electrons. The fourth-order valence-electron chi connectivity index (χ4n) is 2.48. The molecule has 0 unspecified atom stereocenters. The molecule has 0 atom stereocenters. The molecule has 0 aliphatic carbocycles. The van der Waals surface area contributed by atoms with Crippen LogP contribution in [0.5, 0.6) is 0 Å². The molecular weight excluding hydrogens is 244 g/mol. The number of fused-ring (bicyclic) bond motifs is 1. The van der Waals surface area contributed by atoms with Crippen molar-refractivity contribution in [3.05, 3.63) is 36.0 Å². The first-order valence-corrected chi connectivity index (χ1v) is 7.40. The number of aromatic nitrogens is 1. The Hall–Kier alpha value is -1.57. The van der Waals surface area contributed by atoms with Crippen LogP contribution in [0, 0.1) is 5.92 Å². The smallest absolute Gasteiger partial charge is 0.0527 e. The van der Waals surface area contributed by atoms with Gasteiger partial charge in [0.25, 0.3) is 0 Å². The van der Waals surface area contributed by atoms with Gasteiger partial charge in [-0.25, -0.2) is 0 Å². The maximum Gasteiger partial charge on any atom is 0.0527 e. The molecule has 1 aromatic heterocycles. The number of aryl methyl sites for hydroxylation is 1. The Bertz CT molecular complexity index is 624. The molecule has 1 aromatic carbocycles. The molecule has 2 heteroatoms. The molecule has 0 bridgehead atoms. The van der Waals surface area contributed by atoms with Gasteiger partial charge < -0.3 is 4.57 Å². The van der Waals surface area contributed by atoms with Gasteiger partial charge in [0, 0.05) is 29.9 Å². The van der Waals surface area contributed by atoms with E-state index in [0.717, 1.165) is 6.42 Å². The summed E-state index contributed by atoms with van der Waals surface area (Å²) in [7, 11) is 2.08. The van der Waals surface area contributed by atoms with E-state index in [2.05, 4.69) is 76.7 Å². The lowest BCUT2D eigenvalue weighted by atomic mass is 9.98. The van der Waals surface area contributed by atoms with Crippen molar-refractivity contribution in [2.75, 3.05) is 0 Å². The average Bonchev–Trinajstić information content (AvgIpc) is 2.67. The van der Waals surface area contributed by atoms with E-state index < -0.39 is 0 Å². The predicted octanol–water partition coefficient (Wildman–Crippen LogP) is 4.81. The molecule has 0 saturated carbocycles. The third-order valence-corrected chi connectivity index (χ3v) is 3.29. The average molecular weight is 270 g/mol. The maximum absolute atomic E-state index is 4.94. The molecule has 2 aromatic rings. The van der Waals surface area contributed by atoms with E-state index >= 15 is 0 Å². The monoisotopic (exact) mass is 270 g/mol. The van der Waals surface area contributed by atoms with Crippen molar-refractivity contribution >= 4 is 16.6 Å². The molecule has 0 N–H and O–H groups in total. The van der Waals surface area contributed by atoms with Crippen molar-refractivity contribution in [2.45, 2.75) is 46.6 Å². The minimum absolute atomic E-state index is 0.0319. The van der Waals surface area contributed by atoms with E-state index in [-0.39, 0.29) is 5.54 Å². The van der Waals surface area contributed by atoms with E-state index in [4.69, 9.17) is 4.99 Å². The lowest BCUT2D eigenvalue weighted by Crippen LogP contribution is -2.16. The molecule has 0 saturated heterocycles. The Morgan fingerprint density at radius 2 is 1.90 bits per heavy atom. The molecule has 108 valence electrons. The second-order valence-electron chi connectivity index (χ2n) is 7.03. The predicted molar refractivity (Wildman–Crippen MR) is 88.7 cm³/mol. The van der Waals surface area contributed by atoms with Crippen molar-refractivity contribution in [3.63, 3.8) is 0 Å². The van der Waals surface area contributed by atoms with E-state index in [9.17, 15) is 0 Å². The number of nitrogens with zero attached hydrogens (tertiary/aromatic N) is 2. The molecule has 2 rings (SSSR count). The van der Waals surface area contributed by atoms with Crippen LogP contribution in [0.2, 0.25) is 0 Å². The van der Waals surface area contributed by atoms with Gasteiger partial charge in [-0.15, -0.1) is 0 Å². The Kier molecular flexibility index (Phi) is 4.03. The summed E-state index contributed by atoms with van der Waals surface area (Å²) in [6.45, 7) is 11.0. The minimum Gasteiger partial charge on any atom is -0.351 e. The fraction of sp³-hybridized carbons (Fsp3) is 0.500. The lowest BCUT2D eigenvalue weighted by molar-refractivity contribution is 0.576. The summed E-state index contributed by atoms with van der Waals surface area (Å²) in [6.07, 6.45) is 3.13. The van der Waals surface area contributed by atoms with E-state index in [1.54, 1.807) is 0 Å². The van der Waals surface area contributed by atoms with Crippen molar-refractivity contribution in [3.8, 4) is 0 Å². The first kappa shape index (κ1) is 14.8. The normalized spacial score (nSPS) is 13.4. The molecule has 2 nitrogen and oxygen atoms in total. The molecule has 0 amide bonds. The zero-order chi connectivity index (χ0) is 14.9. The van der Waals surface area contributed by atoms with Gasteiger partial charge in [0.15, 0.2) is 0 Å². The molecular formula is C18H26N2. The van der Waals surface area contributed by atoms with Crippen molar-refractivity contribution in [2.24, 2.45) is 18.0 Å². The van der Waals surface area contributed by atoms with E-state index in [1.165, 1.54) is 22.2 Å². The number of hydrogen-bond donors (Lipinski definition) is 0. The van der Waals surface area contributed by atoms with E-state index in [1.807, 2.05) is 0 Å². The molecule has 0 aliphatic heterocycles. The number of aliphatic imine (C=N–C) groups is 1. The highest BCUT2D eigenvalue weighted by atomic mass is 14.9. The highest BCUT2D eigenvalue weighted by Crippen LogP contribution is 2.21. The van der Waals surface area contributed by atoms with Gasteiger partial charge in [-0.3, -0.25) is 4.99 Å². The van der Waals surface area contributed by atoms with Gasteiger partial charge in [0.2, 0.25) is 0 Å². The first-order chi connectivity index (χ1) is 9.26. The Labute approximate surface area is 122 Å². The van der Waals surface area contributed by atoms with Crippen LogP contribution in [0.15, 0.2) is 35.5 Å². The summed E-state index contributed by atoms with van der Waals surface area (Å²) < 4.78 is 2.15. The molecule has 1 heterocycles. The molecule has 0 aliphatic rings. The van der Waals surface area contributed by atoms with Gasteiger partial charge in [0.05, 0.1) is 5.54 Å². The van der Waals surface area contributed by atoms with Gasteiger partial charge in [-0.05, 0) is 56.9 Å². The molecule has 0 spiro atoms.